The summed E-state index contributed by atoms with van der Waals surface area (Å²) in [5.41, 5.74) is 12.4. The molecule has 3 heterocycles. The molecule has 0 radical (unpaired) electrons. The normalized spacial score (nSPS) is 20.0. The summed E-state index contributed by atoms with van der Waals surface area (Å²) in [6.45, 7) is 19.4. The molecule has 5 aromatic rings. The maximum atomic E-state index is 12.6. The lowest BCUT2D eigenvalue weighted by Crippen LogP contribution is -2.53. The van der Waals surface area contributed by atoms with Crippen molar-refractivity contribution in [2.24, 2.45) is 5.73 Å². The van der Waals surface area contributed by atoms with E-state index in [1.165, 1.54) is 0 Å². The molecule has 1 amide bonds. The lowest BCUT2D eigenvalue weighted by Gasteiger charge is -2.43. The van der Waals surface area contributed by atoms with Crippen molar-refractivity contribution >= 4 is 81.0 Å². The maximum absolute atomic E-state index is 12.6. The Morgan fingerprint density at radius 1 is 0.571 bits per heavy atom. The molecule has 0 aromatic heterocycles. The number of aliphatic hydroxyl groups excluding tert-OH is 3. The molecule has 15 nitrogen and oxygen atoms in total. The number of carboxylic acids is 1. The molecule has 3 aliphatic rings. The Labute approximate surface area is 478 Å². The minimum atomic E-state index is -0.966. The zero-order valence-electron chi connectivity index (χ0n) is 41.7. The number of benzene rings is 5. The summed E-state index contributed by atoms with van der Waals surface area (Å²) >= 11 is 23.5. The minimum absolute atomic E-state index is 0. The van der Waals surface area contributed by atoms with Gasteiger partial charge in [0.1, 0.15) is 0 Å². The standard InChI is InChI=1S/C20H23Cl2N3O2.C13H17N3O.C13H18N2O3.C7H7Cl2N.5CH4/c1-20(2)18(26)17(23-3)14-8-11(5-7-16(14)25-20)19(27)24-10-12-4-6-13(21)9-15(12)22;1-13(2)12(17)11(15-4)9-7-8(14-3)5-6-10(9)16-13;1-13(2)11(16)10(14-3)8-6-7(12(17)18)4-5-9(8)15-13;8-6-2-1-5(4-10)7(9)3-6;;;;;/h4-9,17-18,23,25-26H,10H2,1-3H3,(H,24,27);5-7,11-12,15-17H,1-2,4H3;4-6,10-11,14-16H,1-3H3,(H,17,18);1-3H,4,10H2;5*1H4/t17-,18+;11-,12+;10-,11+;;;;;;/m111....../s1. The first kappa shape index (κ1) is 71.8. The molecule has 19 heteroatoms. The third-order valence-electron chi connectivity index (χ3n) is 12.9. The Hall–Kier alpha value is -5.19. The number of nitrogens with one attached hydrogen (secondary N) is 7. The SMILES string of the molecule is C.C.C.C.C.CN[C@@H]1c2cc(C(=O)NCc3ccc(Cl)cc3Cl)ccc2NC(C)(C)[C@H]1O.CN[C@@H]1c2cc(C(=O)O)ccc2NC(C)(C)[C@H]1O.NCc1ccc(Cl)cc1Cl.[C-]#[N+]c1ccc2c(c1)[C@@H](NC)[C@H](O)C(C)(C)N2. The van der Waals surface area contributed by atoms with Crippen LogP contribution in [0.3, 0.4) is 0 Å². The fourth-order valence-corrected chi connectivity index (χ4v) is 9.69. The van der Waals surface area contributed by atoms with Crippen LogP contribution in [0.15, 0.2) is 91.0 Å². The Morgan fingerprint density at radius 2 is 0.935 bits per heavy atom. The van der Waals surface area contributed by atoms with Crippen LogP contribution in [0.1, 0.15) is 145 Å². The Morgan fingerprint density at radius 3 is 1.30 bits per heavy atom. The first-order chi connectivity index (χ1) is 33.8. The van der Waals surface area contributed by atoms with Crippen LogP contribution in [0.5, 0.6) is 0 Å². The molecular weight excluding hydrogens is 1060 g/mol. The number of carbonyl (C=O) groups excluding carboxylic acids is 1. The van der Waals surface area contributed by atoms with Crippen LogP contribution in [0, 0.1) is 6.57 Å². The topological polar surface area (TPSA) is 230 Å². The summed E-state index contributed by atoms with van der Waals surface area (Å²) in [5, 5.41) is 64.7. The summed E-state index contributed by atoms with van der Waals surface area (Å²) in [6, 6.07) is 25.6. The van der Waals surface area contributed by atoms with Crippen LogP contribution in [0.2, 0.25) is 20.1 Å². The number of hydrogen-bond donors (Lipinski definition) is 12. The number of hydrogen-bond acceptors (Lipinski definition) is 12. The van der Waals surface area contributed by atoms with E-state index >= 15 is 0 Å². The molecule has 3 aliphatic heterocycles. The van der Waals surface area contributed by atoms with E-state index in [-0.39, 0.29) is 72.3 Å². The van der Waals surface area contributed by atoms with Crippen molar-refractivity contribution in [2.75, 3.05) is 37.1 Å². The number of aromatic carboxylic acids is 1. The quantitative estimate of drug-likeness (QED) is 0.0650. The Kier molecular flexibility index (Phi) is 28.2. The number of aliphatic hydroxyl groups is 3. The van der Waals surface area contributed by atoms with Crippen molar-refractivity contribution in [1.82, 2.24) is 21.3 Å². The summed E-state index contributed by atoms with van der Waals surface area (Å²) in [5.74, 6) is -1.18. The molecule has 426 valence electrons. The molecule has 13 N–H and O–H groups in total. The third-order valence-corrected chi connectivity index (χ3v) is 14.1. The summed E-state index contributed by atoms with van der Waals surface area (Å²) in [6.07, 6.45) is -1.82. The molecule has 0 fully saturated rings. The van der Waals surface area contributed by atoms with Gasteiger partial charge in [0.05, 0.1) is 65.2 Å². The number of rotatable bonds is 8. The molecule has 77 heavy (non-hydrogen) atoms. The van der Waals surface area contributed by atoms with Crippen molar-refractivity contribution in [3.8, 4) is 0 Å². The highest BCUT2D eigenvalue weighted by Crippen LogP contribution is 2.41. The van der Waals surface area contributed by atoms with E-state index in [4.69, 9.17) is 63.8 Å². The summed E-state index contributed by atoms with van der Waals surface area (Å²) < 4.78 is 0. The van der Waals surface area contributed by atoms with Gasteiger partial charge in [0.15, 0.2) is 5.69 Å². The van der Waals surface area contributed by atoms with Gasteiger partial charge >= 0.3 is 5.97 Å². The van der Waals surface area contributed by atoms with E-state index in [0.29, 0.717) is 44.4 Å². The van der Waals surface area contributed by atoms with Crippen LogP contribution in [-0.2, 0) is 13.1 Å². The second kappa shape index (κ2) is 30.2. The molecule has 0 unspecified atom stereocenters. The van der Waals surface area contributed by atoms with Gasteiger partial charge in [-0.25, -0.2) is 9.64 Å². The predicted octanol–water partition coefficient (Wildman–Crippen LogP) is 12.7. The van der Waals surface area contributed by atoms with Crippen LogP contribution in [0.25, 0.3) is 4.85 Å². The van der Waals surface area contributed by atoms with E-state index in [0.717, 1.165) is 44.9 Å². The van der Waals surface area contributed by atoms with Gasteiger partial charge in [0, 0.05) is 55.8 Å². The zero-order valence-corrected chi connectivity index (χ0v) is 44.7. The Balaban J connectivity index is 0.00000103. The molecule has 6 atom stereocenters. The second-order valence-electron chi connectivity index (χ2n) is 19.3. The number of halogens is 4. The van der Waals surface area contributed by atoms with Crippen molar-refractivity contribution in [2.45, 2.75) is 145 Å². The zero-order chi connectivity index (χ0) is 53.5. The van der Waals surface area contributed by atoms with E-state index in [2.05, 4.69) is 42.1 Å². The van der Waals surface area contributed by atoms with Gasteiger partial charge in [-0.2, -0.15) is 0 Å². The number of nitrogens with zero attached hydrogens (tertiary/aromatic N) is 1. The number of carbonyl (C=O) groups is 2. The average molecular weight is 1150 g/mol. The van der Waals surface area contributed by atoms with Crippen molar-refractivity contribution < 1.29 is 30.0 Å². The largest absolute Gasteiger partial charge is 0.478 e. The van der Waals surface area contributed by atoms with E-state index < -0.39 is 35.4 Å². The Bertz CT molecular complexity index is 2790. The monoisotopic (exact) mass is 1140 g/mol. The second-order valence-corrected chi connectivity index (χ2v) is 21.0. The molecule has 0 bridgehead atoms. The van der Waals surface area contributed by atoms with E-state index in [9.17, 15) is 24.9 Å². The molecule has 8 rings (SSSR count). The highest BCUT2D eigenvalue weighted by molar-refractivity contribution is 6.35. The highest BCUT2D eigenvalue weighted by Gasteiger charge is 2.42. The van der Waals surface area contributed by atoms with Gasteiger partial charge in [-0.3, -0.25) is 4.79 Å². The molecule has 0 spiro atoms. The average Bonchev–Trinajstić information content (AvgIpc) is 3.32. The molecule has 0 aliphatic carbocycles. The summed E-state index contributed by atoms with van der Waals surface area (Å²) in [4.78, 5) is 27.0. The number of amides is 1. The molecule has 0 saturated carbocycles. The van der Waals surface area contributed by atoms with Gasteiger partial charge in [-0.05, 0) is 163 Å². The number of carboxylic acid groups (broad SMARTS) is 1. The number of likely N-dealkylation sites (N-methyl/N-ethyl adjacent to an activating group) is 3. The fraction of sp³-hybridized carbons (Fsp3) is 0.431. The fourth-order valence-electron chi connectivity index (χ4n) is 8.73. The van der Waals surface area contributed by atoms with Gasteiger partial charge in [0.25, 0.3) is 5.91 Å². The first-order valence-electron chi connectivity index (χ1n) is 23.1. The van der Waals surface area contributed by atoms with E-state index in [1.807, 2.05) is 72.9 Å². The lowest BCUT2D eigenvalue weighted by molar-refractivity contribution is 0.0684. The maximum Gasteiger partial charge on any atom is 0.335 e. The van der Waals surface area contributed by atoms with Gasteiger partial charge in [0.2, 0.25) is 0 Å². The van der Waals surface area contributed by atoms with Crippen LogP contribution in [-0.4, -0.2) is 88.4 Å². The van der Waals surface area contributed by atoms with Gasteiger partial charge in [-0.1, -0.05) is 102 Å². The minimum Gasteiger partial charge on any atom is -0.478 e. The van der Waals surface area contributed by atoms with Crippen LogP contribution in [0.4, 0.5) is 22.7 Å². The summed E-state index contributed by atoms with van der Waals surface area (Å²) in [7, 11) is 5.38. The van der Waals surface area contributed by atoms with Crippen molar-refractivity contribution in [3.05, 3.63) is 161 Å². The number of nitrogens with two attached hydrogens (primary N) is 1. The number of anilines is 3. The van der Waals surface area contributed by atoms with E-state index in [1.54, 1.807) is 80.8 Å². The van der Waals surface area contributed by atoms with Crippen LogP contribution < -0.4 is 43.0 Å². The molecule has 5 aromatic carbocycles. The molecule has 0 saturated heterocycles. The predicted molar refractivity (Wildman–Crippen MR) is 325 cm³/mol. The van der Waals surface area contributed by atoms with Crippen molar-refractivity contribution in [3.63, 3.8) is 0 Å². The van der Waals surface area contributed by atoms with Gasteiger partial charge < -0.3 is 63.4 Å². The highest BCUT2D eigenvalue weighted by atomic mass is 35.5. The smallest absolute Gasteiger partial charge is 0.335 e. The lowest BCUT2D eigenvalue weighted by atomic mass is 9.82. The molecular formula is C58H85Cl4N9O6. The number of fused-ring (bicyclic) bond motifs is 3. The third kappa shape index (κ3) is 17.2. The first-order valence-corrected chi connectivity index (χ1v) is 24.6. The van der Waals surface area contributed by atoms with Crippen molar-refractivity contribution in [1.29, 1.82) is 0 Å². The van der Waals surface area contributed by atoms with Gasteiger partial charge in [-0.15, -0.1) is 0 Å². The van der Waals surface area contributed by atoms with Crippen LogP contribution >= 0.6 is 46.4 Å².